The van der Waals surface area contributed by atoms with Crippen molar-refractivity contribution in [2.24, 2.45) is 0 Å². The minimum absolute atomic E-state index is 0.0178. The highest BCUT2D eigenvalue weighted by molar-refractivity contribution is 7.91. The van der Waals surface area contributed by atoms with Gasteiger partial charge in [0, 0.05) is 24.7 Å². The van der Waals surface area contributed by atoms with E-state index in [1.54, 1.807) is 27.7 Å². The van der Waals surface area contributed by atoms with Gasteiger partial charge in [-0.3, -0.25) is 4.68 Å². The number of nitrogens with zero attached hydrogens (tertiary/aromatic N) is 4. The summed E-state index contributed by atoms with van der Waals surface area (Å²) in [5, 5.41) is 4.19. The zero-order chi connectivity index (χ0) is 16.4. The second-order valence-electron chi connectivity index (χ2n) is 5.90. The van der Waals surface area contributed by atoms with Crippen LogP contribution in [-0.2, 0) is 27.7 Å². The van der Waals surface area contributed by atoms with E-state index in [2.05, 4.69) is 10.1 Å². The molecular weight excluding hydrogens is 316 g/mol. The first-order valence-corrected chi connectivity index (χ1v) is 9.48. The Balaban J connectivity index is 1.83. The van der Waals surface area contributed by atoms with Gasteiger partial charge in [0.2, 0.25) is 15.0 Å². The molecule has 126 valence electrons. The van der Waals surface area contributed by atoms with Crippen LogP contribution in [0, 0.1) is 13.8 Å². The lowest BCUT2D eigenvalue weighted by molar-refractivity contribution is 0.0943. The highest BCUT2D eigenvalue weighted by atomic mass is 32.2. The first-order chi connectivity index (χ1) is 11.0. The first-order valence-electron chi connectivity index (χ1n) is 7.83. The van der Waals surface area contributed by atoms with Crippen molar-refractivity contribution in [3.8, 4) is 0 Å². The molecular formula is C15H22N4O3S. The second-order valence-corrected chi connectivity index (χ2v) is 7.90. The number of aryl methyl sites for hydroxylation is 2. The van der Waals surface area contributed by atoms with Gasteiger partial charge in [-0.15, -0.1) is 0 Å². The smallest absolute Gasteiger partial charge is 0.228 e. The Kier molecular flexibility index (Phi) is 4.54. The van der Waals surface area contributed by atoms with Crippen LogP contribution in [0.5, 0.6) is 0 Å². The van der Waals surface area contributed by atoms with Gasteiger partial charge >= 0.3 is 0 Å². The average molecular weight is 338 g/mol. The maximum atomic E-state index is 12.7. The SMILES string of the molecule is Cc1nc(S(=O)(=O)CCn2cccn2)n(C[C@@H]2CCCO2)c1C. The molecule has 8 heteroatoms. The standard InChI is InChI=1S/C15H22N4O3S/c1-12-13(2)19(11-14-5-3-9-22-14)15(17-12)23(20,21)10-8-18-7-4-6-16-18/h4,6-7,14H,3,5,8-11H2,1-2H3/t14-/m0/s1. The van der Waals surface area contributed by atoms with E-state index in [0.29, 0.717) is 13.1 Å². The van der Waals surface area contributed by atoms with Crippen molar-refractivity contribution < 1.29 is 13.2 Å². The second kappa shape index (κ2) is 6.45. The summed E-state index contributed by atoms with van der Waals surface area (Å²) in [6.45, 7) is 5.36. The fourth-order valence-corrected chi connectivity index (χ4v) is 4.24. The van der Waals surface area contributed by atoms with Gasteiger partial charge in [0.25, 0.3) is 0 Å². The zero-order valence-electron chi connectivity index (χ0n) is 13.5. The van der Waals surface area contributed by atoms with Gasteiger partial charge in [0.1, 0.15) is 0 Å². The van der Waals surface area contributed by atoms with Gasteiger partial charge in [-0.25, -0.2) is 13.4 Å². The fraction of sp³-hybridized carbons (Fsp3) is 0.600. The number of rotatable bonds is 6. The van der Waals surface area contributed by atoms with Crippen molar-refractivity contribution in [3.63, 3.8) is 0 Å². The molecule has 1 aliphatic rings. The number of imidazole rings is 1. The van der Waals surface area contributed by atoms with Crippen molar-refractivity contribution >= 4 is 9.84 Å². The van der Waals surface area contributed by atoms with Crippen molar-refractivity contribution in [2.45, 2.75) is 51.0 Å². The molecule has 0 aliphatic carbocycles. The largest absolute Gasteiger partial charge is 0.376 e. The highest BCUT2D eigenvalue weighted by Gasteiger charge is 2.27. The van der Waals surface area contributed by atoms with Crippen molar-refractivity contribution in [1.29, 1.82) is 0 Å². The summed E-state index contributed by atoms with van der Waals surface area (Å²) in [5.74, 6) is -0.0178. The Morgan fingerprint density at radius 2 is 2.22 bits per heavy atom. The Morgan fingerprint density at radius 3 is 2.87 bits per heavy atom. The maximum absolute atomic E-state index is 12.7. The maximum Gasteiger partial charge on any atom is 0.228 e. The van der Waals surface area contributed by atoms with Crippen LogP contribution in [0.2, 0.25) is 0 Å². The predicted octanol–water partition coefficient (Wildman–Crippen LogP) is 1.35. The molecule has 3 heterocycles. The number of hydrogen-bond acceptors (Lipinski definition) is 5. The van der Waals surface area contributed by atoms with Crippen LogP contribution in [0.15, 0.2) is 23.6 Å². The lowest BCUT2D eigenvalue weighted by Gasteiger charge is -2.15. The Bertz CT molecular complexity index is 759. The van der Waals surface area contributed by atoms with E-state index in [9.17, 15) is 8.42 Å². The van der Waals surface area contributed by atoms with Crippen LogP contribution in [0.25, 0.3) is 0 Å². The molecule has 3 rings (SSSR count). The van der Waals surface area contributed by atoms with E-state index in [4.69, 9.17) is 4.74 Å². The molecule has 2 aromatic rings. The summed E-state index contributed by atoms with van der Waals surface area (Å²) in [4.78, 5) is 4.31. The van der Waals surface area contributed by atoms with Crippen LogP contribution < -0.4 is 0 Å². The molecule has 0 radical (unpaired) electrons. The topological polar surface area (TPSA) is 79.0 Å². The minimum atomic E-state index is -3.47. The quantitative estimate of drug-likeness (QED) is 0.794. The summed E-state index contributed by atoms with van der Waals surface area (Å²) < 4.78 is 34.5. The third kappa shape index (κ3) is 3.48. The Hall–Kier alpha value is -1.67. The molecule has 1 saturated heterocycles. The molecule has 0 N–H and O–H groups in total. The van der Waals surface area contributed by atoms with Gasteiger partial charge < -0.3 is 9.30 Å². The molecule has 0 unspecified atom stereocenters. The molecule has 0 bridgehead atoms. The van der Waals surface area contributed by atoms with E-state index in [1.807, 2.05) is 13.8 Å². The summed E-state index contributed by atoms with van der Waals surface area (Å²) >= 11 is 0. The molecule has 1 fully saturated rings. The number of sulfone groups is 1. The number of aromatic nitrogens is 4. The van der Waals surface area contributed by atoms with Crippen LogP contribution in [0.3, 0.4) is 0 Å². The normalized spacial score (nSPS) is 18.6. The lowest BCUT2D eigenvalue weighted by atomic mass is 10.2. The van der Waals surface area contributed by atoms with E-state index >= 15 is 0 Å². The van der Waals surface area contributed by atoms with E-state index in [1.165, 1.54) is 0 Å². The number of ether oxygens (including phenoxy) is 1. The van der Waals surface area contributed by atoms with Gasteiger partial charge in [-0.05, 0) is 32.8 Å². The summed E-state index contributed by atoms with van der Waals surface area (Å²) in [7, 11) is -3.47. The molecule has 0 aromatic carbocycles. The highest BCUT2D eigenvalue weighted by Crippen LogP contribution is 2.21. The van der Waals surface area contributed by atoms with Gasteiger partial charge in [0.05, 0.1) is 30.6 Å². The van der Waals surface area contributed by atoms with Crippen molar-refractivity contribution in [2.75, 3.05) is 12.4 Å². The molecule has 23 heavy (non-hydrogen) atoms. The number of hydrogen-bond donors (Lipinski definition) is 0. The third-order valence-electron chi connectivity index (χ3n) is 4.26. The summed E-state index contributed by atoms with van der Waals surface area (Å²) in [6.07, 6.45) is 5.45. The van der Waals surface area contributed by atoms with E-state index in [-0.39, 0.29) is 17.0 Å². The van der Waals surface area contributed by atoms with Gasteiger partial charge in [0.15, 0.2) is 0 Å². The van der Waals surface area contributed by atoms with E-state index < -0.39 is 9.84 Å². The lowest BCUT2D eigenvalue weighted by Crippen LogP contribution is -2.22. The average Bonchev–Trinajstić information content (AvgIpc) is 3.24. The van der Waals surface area contributed by atoms with Crippen molar-refractivity contribution in [3.05, 3.63) is 29.8 Å². The molecule has 0 saturated carbocycles. The van der Waals surface area contributed by atoms with Crippen molar-refractivity contribution in [1.82, 2.24) is 19.3 Å². The molecule has 0 amide bonds. The molecule has 0 spiro atoms. The zero-order valence-corrected chi connectivity index (χ0v) is 14.3. The molecule has 2 aromatic heterocycles. The summed E-state index contributed by atoms with van der Waals surface area (Å²) in [6, 6.07) is 1.78. The Morgan fingerprint density at radius 1 is 1.39 bits per heavy atom. The van der Waals surface area contributed by atoms with Crippen LogP contribution in [-0.4, -0.2) is 46.2 Å². The van der Waals surface area contributed by atoms with Crippen LogP contribution >= 0.6 is 0 Å². The van der Waals surface area contributed by atoms with Gasteiger partial charge in [-0.2, -0.15) is 5.10 Å². The van der Waals surface area contributed by atoms with Crippen LogP contribution in [0.1, 0.15) is 24.2 Å². The minimum Gasteiger partial charge on any atom is -0.376 e. The first kappa shape index (κ1) is 16.2. The monoisotopic (exact) mass is 338 g/mol. The Labute approximate surface area is 136 Å². The van der Waals surface area contributed by atoms with E-state index in [0.717, 1.165) is 30.8 Å². The molecule has 1 atom stereocenters. The molecule has 1 aliphatic heterocycles. The van der Waals surface area contributed by atoms with Crippen LogP contribution in [0.4, 0.5) is 0 Å². The molecule has 7 nitrogen and oxygen atoms in total. The van der Waals surface area contributed by atoms with Gasteiger partial charge in [-0.1, -0.05) is 0 Å². The third-order valence-corrected chi connectivity index (χ3v) is 5.85. The predicted molar refractivity (Wildman–Crippen MR) is 85.0 cm³/mol. The fourth-order valence-electron chi connectivity index (χ4n) is 2.81. The summed E-state index contributed by atoms with van der Waals surface area (Å²) in [5.41, 5.74) is 1.64.